The maximum atomic E-state index is 10.6. The maximum Gasteiger partial charge on any atom is 2.00 e. The fourth-order valence-corrected chi connectivity index (χ4v) is 2.13. The summed E-state index contributed by atoms with van der Waals surface area (Å²) in [6.45, 7) is 0. The molecule has 2 nitrogen and oxygen atoms in total. The van der Waals surface area contributed by atoms with E-state index in [0.717, 1.165) is 16.7 Å². The van der Waals surface area contributed by atoms with Crippen molar-refractivity contribution in [2.24, 2.45) is 0 Å². The smallest absolute Gasteiger partial charge is 0.481 e. The molecular weight excluding hydrogens is 432 g/mol. The van der Waals surface area contributed by atoms with Crippen LogP contribution in [0.3, 0.4) is 0 Å². The Bertz CT molecular complexity index is 827. The van der Waals surface area contributed by atoms with Crippen molar-refractivity contribution in [3.8, 4) is 11.8 Å². The molecule has 0 bridgehead atoms. The van der Waals surface area contributed by atoms with E-state index in [1.54, 1.807) is 6.07 Å². The van der Waals surface area contributed by atoms with Crippen LogP contribution in [-0.4, -0.2) is 11.1 Å². The van der Waals surface area contributed by atoms with E-state index < -0.39 is 5.97 Å². The molecule has 4 aromatic carbocycles. The minimum Gasteiger partial charge on any atom is -0.481 e. The fraction of sp³-hybridized carbons (Fsp3) is 0.0417. The summed E-state index contributed by atoms with van der Waals surface area (Å²) in [6, 6.07) is 33.2. The van der Waals surface area contributed by atoms with Gasteiger partial charge in [0.1, 0.15) is 0 Å². The van der Waals surface area contributed by atoms with E-state index >= 15 is 0 Å². The van der Waals surface area contributed by atoms with Crippen LogP contribution < -0.4 is 0 Å². The molecule has 0 amide bonds. The van der Waals surface area contributed by atoms with Crippen LogP contribution >= 0.6 is 0 Å². The van der Waals surface area contributed by atoms with Gasteiger partial charge in [-0.3, -0.25) is 16.6 Å². The summed E-state index contributed by atoms with van der Waals surface area (Å²) in [6.07, 6.45) is 0.0258. The number of rotatable bonds is 2. The van der Waals surface area contributed by atoms with Crippen LogP contribution in [0.25, 0.3) is 0 Å². The Kier molecular flexibility index (Phi) is 14.1. The minimum absolute atomic E-state index is 0. The molecule has 0 saturated heterocycles. The first-order valence-electron chi connectivity index (χ1n) is 8.29. The Labute approximate surface area is 187 Å². The van der Waals surface area contributed by atoms with Gasteiger partial charge in [0.15, 0.2) is 0 Å². The average molecular weight is 452 g/mol. The SMILES string of the molecule is O=C(O)Cc1ccc[c-]1C#C[c-]1cccc1.[Fe+2].[Fe+2].c1cc[cH-]c1.c1cc[cH-]c1. The standard InChI is InChI=1S/C14H10O2.2C5H5.2Fe/c15-14(16)10-13-7-3-6-12(13)9-8-11-4-1-2-5-11;2*1-2-4-5-3-1;;/h1-7H,10H2,(H,15,16);2*1-5H;;/q-2;2*-1;2*+2. The Hall–Kier alpha value is -2.53. The summed E-state index contributed by atoms with van der Waals surface area (Å²) in [5, 5.41) is 8.71. The predicted molar refractivity (Wildman–Crippen MR) is 105 cm³/mol. The van der Waals surface area contributed by atoms with E-state index in [-0.39, 0.29) is 40.6 Å². The zero-order valence-corrected chi connectivity index (χ0v) is 17.3. The second-order valence-corrected chi connectivity index (χ2v) is 5.38. The molecule has 0 saturated carbocycles. The predicted octanol–water partition coefficient (Wildman–Crippen LogP) is 4.96. The average Bonchev–Trinajstić information content (AvgIpc) is 3.45. The van der Waals surface area contributed by atoms with Crippen LogP contribution in [0.4, 0.5) is 0 Å². The van der Waals surface area contributed by atoms with Crippen molar-refractivity contribution < 1.29 is 44.0 Å². The topological polar surface area (TPSA) is 37.3 Å². The van der Waals surface area contributed by atoms with Crippen molar-refractivity contribution in [1.29, 1.82) is 0 Å². The third-order valence-corrected chi connectivity index (χ3v) is 3.36. The third kappa shape index (κ3) is 10.6. The molecule has 0 radical (unpaired) electrons. The van der Waals surface area contributed by atoms with Gasteiger partial charge in [-0.05, 0) is 0 Å². The van der Waals surface area contributed by atoms with Gasteiger partial charge in [0.25, 0.3) is 0 Å². The van der Waals surface area contributed by atoms with Gasteiger partial charge in [0, 0.05) is 0 Å². The van der Waals surface area contributed by atoms with Gasteiger partial charge in [-0.2, -0.15) is 60.7 Å². The first kappa shape index (κ1) is 25.5. The van der Waals surface area contributed by atoms with E-state index in [0.29, 0.717) is 0 Å². The van der Waals surface area contributed by atoms with Crippen LogP contribution in [-0.2, 0) is 45.4 Å². The molecule has 4 heteroatoms. The molecule has 0 aliphatic carbocycles. The summed E-state index contributed by atoms with van der Waals surface area (Å²) in [7, 11) is 0. The van der Waals surface area contributed by atoms with Crippen LogP contribution in [0.15, 0.2) is 103 Å². The Morgan fingerprint density at radius 3 is 1.79 bits per heavy atom. The van der Waals surface area contributed by atoms with Crippen molar-refractivity contribution in [2.45, 2.75) is 6.42 Å². The van der Waals surface area contributed by atoms with Crippen molar-refractivity contribution in [1.82, 2.24) is 0 Å². The summed E-state index contributed by atoms with van der Waals surface area (Å²) in [4.78, 5) is 10.6. The molecule has 0 aliphatic rings. The number of aliphatic carboxylic acids is 1. The second kappa shape index (κ2) is 15.5. The monoisotopic (exact) mass is 452 g/mol. The van der Waals surface area contributed by atoms with E-state index in [2.05, 4.69) is 11.8 Å². The Morgan fingerprint density at radius 2 is 1.36 bits per heavy atom. The summed E-state index contributed by atoms with van der Waals surface area (Å²) in [5.41, 5.74) is 2.51. The van der Waals surface area contributed by atoms with E-state index in [9.17, 15) is 4.79 Å². The van der Waals surface area contributed by atoms with Gasteiger partial charge >= 0.3 is 40.1 Å². The number of carbonyl (C=O) groups is 1. The first-order valence-corrected chi connectivity index (χ1v) is 8.29. The molecule has 0 heterocycles. The normalized spacial score (nSPS) is 8.29. The molecule has 0 unspecified atom stereocenters. The van der Waals surface area contributed by atoms with E-state index in [1.807, 2.05) is 97.1 Å². The van der Waals surface area contributed by atoms with Gasteiger partial charge in [-0.1, -0.05) is 0 Å². The third-order valence-electron chi connectivity index (χ3n) is 3.36. The van der Waals surface area contributed by atoms with Gasteiger partial charge in [-0.15, -0.1) is 34.9 Å². The zero-order chi connectivity index (χ0) is 18.5. The summed E-state index contributed by atoms with van der Waals surface area (Å²) < 4.78 is 0. The van der Waals surface area contributed by atoms with Crippen LogP contribution in [0.2, 0.25) is 0 Å². The molecular formula is C24H20Fe2O2. The largest absolute Gasteiger partial charge is 2.00 e. The number of hydrogen-bond acceptors (Lipinski definition) is 1. The van der Waals surface area contributed by atoms with Gasteiger partial charge in [0.2, 0.25) is 0 Å². The second-order valence-electron chi connectivity index (χ2n) is 5.38. The molecule has 0 fully saturated rings. The molecule has 144 valence electrons. The van der Waals surface area contributed by atoms with Gasteiger partial charge < -0.3 is 5.11 Å². The number of carboxylic acids is 1. The molecule has 0 aliphatic heterocycles. The molecule has 1 N–H and O–H groups in total. The molecule has 4 rings (SSSR count). The molecule has 28 heavy (non-hydrogen) atoms. The van der Waals surface area contributed by atoms with Crippen molar-refractivity contribution in [3.05, 3.63) is 120 Å². The molecule has 0 aromatic heterocycles. The van der Waals surface area contributed by atoms with E-state index in [4.69, 9.17) is 5.11 Å². The zero-order valence-electron chi connectivity index (χ0n) is 15.1. The van der Waals surface area contributed by atoms with Crippen LogP contribution in [0.5, 0.6) is 0 Å². The van der Waals surface area contributed by atoms with Crippen molar-refractivity contribution >= 4 is 5.97 Å². The molecule has 4 aromatic rings. The Balaban J connectivity index is 0.000000500. The van der Waals surface area contributed by atoms with Crippen LogP contribution in [0.1, 0.15) is 16.7 Å². The molecule has 0 spiro atoms. The van der Waals surface area contributed by atoms with Crippen LogP contribution in [0, 0.1) is 11.8 Å². The van der Waals surface area contributed by atoms with Crippen molar-refractivity contribution in [2.75, 3.05) is 0 Å². The van der Waals surface area contributed by atoms with Gasteiger partial charge in [-0.25, -0.2) is 24.3 Å². The Morgan fingerprint density at radius 1 is 0.821 bits per heavy atom. The number of hydrogen-bond donors (Lipinski definition) is 1. The number of carboxylic acid groups (broad SMARTS) is 1. The van der Waals surface area contributed by atoms with Gasteiger partial charge in [0.05, 0.1) is 6.42 Å². The minimum atomic E-state index is -0.831. The van der Waals surface area contributed by atoms with E-state index in [1.165, 1.54) is 0 Å². The maximum absolute atomic E-state index is 10.6. The molecule has 0 atom stereocenters. The first-order chi connectivity index (χ1) is 12.8. The summed E-state index contributed by atoms with van der Waals surface area (Å²) >= 11 is 0. The van der Waals surface area contributed by atoms with Crippen molar-refractivity contribution in [3.63, 3.8) is 0 Å². The quantitative estimate of drug-likeness (QED) is 0.266. The summed E-state index contributed by atoms with van der Waals surface area (Å²) in [5.74, 6) is 5.15. The fourth-order valence-electron chi connectivity index (χ4n) is 2.13.